The first-order valence-corrected chi connectivity index (χ1v) is 8.18. The third-order valence-corrected chi connectivity index (χ3v) is 3.87. The van der Waals surface area contributed by atoms with Crippen LogP contribution in [0.4, 0.5) is 11.8 Å². The Bertz CT molecular complexity index is 702. The summed E-state index contributed by atoms with van der Waals surface area (Å²) in [4.78, 5) is 26.6. The summed E-state index contributed by atoms with van der Waals surface area (Å²) in [5.74, 6) is 1.39. The molecule has 1 saturated heterocycles. The van der Waals surface area contributed by atoms with Crippen molar-refractivity contribution in [1.29, 1.82) is 0 Å². The highest BCUT2D eigenvalue weighted by atomic mass is 16.1. The largest absolute Gasteiger partial charge is 0.360 e. The Balaban J connectivity index is 1.85. The van der Waals surface area contributed by atoms with E-state index in [1.807, 2.05) is 26.8 Å². The minimum Gasteiger partial charge on any atom is -0.360 e. The number of hydrogen-bond donors (Lipinski definition) is 3. The summed E-state index contributed by atoms with van der Waals surface area (Å²) in [5.41, 5.74) is 1.84. The lowest BCUT2D eigenvalue weighted by molar-refractivity contribution is -0.119. The van der Waals surface area contributed by atoms with Gasteiger partial charge in [0.15, 0.2) is 0 Å². The van der Waals surface area contributed by atoms with Crippen molar-refractivity contribution >= 4 is 28.7 Å². The predicted octanol–water partition coefficient (Wildman–Crippen LogP) is 1.80. The van der Waals surface area contributed by atoms with Gasteiger partial charge in [-0.15, -0.1) is 0 Å². The first kappa shape index (κ1) is 15.6. The molecule has 0 saturated carbocycles. The third kappa shape index (κ3) is 3.55. The molecule has 0 spiro atoms. The number of nitrogens with zero attached hydrogens (tertiary/aromatic N) is 3. The first-order valence-electron chi connectivity index (χ1n) is 8.18. The number of aromatic amines is 1. The first-order chi connectivity index (χ1) is 11.0. The van der Waals surface area contributed by atoms with Gasteiger partial charge < -0.3 is 20.5 Å². The summed E-state index contributed by atoms with van der Waals surface area (Å²) >= 11 is 0. The molecule has 7 nitrogen and oxygen atoms in total. The van der Waals surface area contributed by atoms with Crippen LogP contribution in [0.5, 0.6) is 0 Å². The van der Waals surface area contributed by atoms with Gasteiger partial charge in [-0.25, -0.2) is 0 Å². The third-order valence-electron chi connectivity index (χ3n) is 3.87. The van der Waals surface area contributed by atoms with Crippen LogP contribution in [-0.2, 0) is 4.79 Å². The van der Waals surface area contributed by atoms with Crippen LogP contribution in [0, 0.1) is 6.92 Å². The second-order valence-electron chi connectivity index (χ2n) is 6.36. The van der Waals surface area contributed by atoms with Crippen molar-refractivity contribution in [2.45, 2.75) is 39.7 Å². The fourth-order valence-electron chi connectivity index (χ4n) is 2.86. The Morgan fingerprint density at radius 1 is 1.35 bits per heavy atom. The number of fused-ring (bicyclic) bond motifs is 1. The van der Waals surface area contributed by atoms with Gasteiger partial charge in [0.05, 0.1) is 11.9 Å². The van der Waals surface area contributed by atoms with E-state index >= 15 is 0 Å². The van der Waals surface area contributed by atoms with Crippen molar-refractivity contribution in [2.24, 2.45) is 0 Å². The fraction of sp³-hybridized carbons (Fsp3) is 0.562. The smallest absolute Gasteiger partial charge is 0.239 e. The lowest BCUT2D eigenvalue weighted by atomic mass is 10.3. The van der Waals surface area contributed by atoms with Crippen LogP contribution in [0.25, 0.3) is 11.0 Å². The highest BCUT2D eigenvalue weighted by Crippen LogP contribution is 2.25. The number of amides is 1. The minimum absolute atomic E-state index is 0.0401. The zero-order valence-electron chi connectivity index (χ0n) is 13.9. The molecule has 7 heteroatoms. The van der Waals surface area contributed by atoms with Gasteiger partial charge >= 0.3 is 0 Å². The molecule has 3 N–H and O–H groups in total. The second kappa shape index (κ2) is 6.44. The van der Waals surface area contributed by atoms with Gasteiger partial charge in [-0.05, 0) is 39.7 Å². The molecule has 0 aromatic carbocycles. The Morgan fingerprint density at radius 3 is 2.78 bits per heavy atom. The molecule has 0 aliphatic carbocycles. The van der Waals surface area contributed by atoms with Crippen molar-refractivity contribution in [1.82, 2.24) is 20.3 Å². The van der Waals surface area contributed by atoms with E-state index in [2.05, 4.69) is 30.5 Å². The fourth-order valence-corrected chi connectivity index (χ4v) is 2.86. The number of aryl methyl sites for hydroxylation is 1. The summed E-state index contributed by atoms with van der Waals surface area (Å²) in [7, 11) is 0. The van der Waals surface area contributed by atoms with Crippen LogP contribution >= 0.6 is 0 Å². The van der Waals surface area contributed by atoms with Crippen LogP contribution < -0.4 is 15.5 Å². The van der Waals surface area contributed by atoms with E-state index in [1.54, 1.807) is 0 Å². The average molecular weight is 316 g/mol. The normalized spacial score (nSPS) is 14.7. The number of hydrogen-bond acceptors (Lipinski definition) is 5. The molecule has 1 amide bonds. The Kier molecular flexibility index (Phi) is 4.36. The molecule has 3 rings (SSSR count). The highest BCUT2D eigenvalue weighted by molar-refractivity contribution is 5.91. The molecule has 3 heterocycles. The number of anilines is 2. The summed E-state index contributed by atoms with van der Waals surface area (Å²) in [6.45, 7) is 8.06. The molecule has 1 aliphatic rings. The van der Waals surface area contributed by atoms with Gasteiger partial charge in [-0.3, -0.25) is 4.79 Å². The molecule has 2 aromatic heterocycles. The number of nitrogens with one attached hydrogen (secondary N) is 3. The molecule has 0 bridgehead atoms. The molecule has 0 unspecified atom stereocenters. The van der Waals surface area contributed by atoms with Crippen LogP contribution in [0.2, 0.25) is 0 Å². The number of carbonyl (C=O) groups is 1. The van der Waals surface area contributed by atoms with E-state index in [-0.39, 0.29) is 18.5 Å². The minimum atomic E-state index is -0.0401. The lowest BCUT2D eigenvalue weighted by Crippen LogP contribution is -2.35. The molecular formula is C16H24N6O. The van der Waals surface area contributed by atoms with E-state index in [0.29, 0.717) is 5.82 Å². The van der Waals surface area contributed by atoms with Crippen molar-refractivity contribution in [3.05, 3.63) is 11.8 Å². The second-order valence-corrected chi connectivity index (χ2v) is 6.36. The molecule has 1 fully saturated rings. The zero-order valence-corrected chi connectivity index (χ0v) is 13.9. The van der Waals surface area contributed by atoms with Crippen molar-refractivity contribution in [3.63, 3.8) is 0 Å². The SMILES string of the molecule is Cc1cc2c(NCC(=O)NC(C)C)nc(N3CCCC3)nc2[nH]1. The van der Waals surface area contributed by atoms with Crippen molar-refractivity contribution < 1.29 is 4.79 Å². The quantitative estimate of drug-likeness (QED) is 0.783. The van der Waals surface area contributed by atoms with E-state index in [4.69, 9.17) is 0 Å². The number of rotatable bonds is 5. The Labute approximate surface area is 135 Å². The topological polar surface area (TPSA) is 85.9 Å². The van der Waals surface area contributed by atoms with Gasteiger partial charge in [0, 0.05) is 24.8 Å². The molecule has 1 aliphatic heterocycles. The Hall–Kier alpha value is -2.31. The van der Waals surface area contributed by atoms with Gasteiger partial charge in [0.25, 0.3) is 0 Å². The summed E-state index contributed by atoms with van der Waals surface area (Å²) in [6, 6.07) is 2.13. The van der Waals surface area contributed by atoms with Crippen LogP contribution in [0.3, 0.4) is 0 Å². The van der Waals surface area contributed by atoms with Gasteiger partial charge in [-0.2, -0.15) is 9.97 Å². The summed E-state index contributed by atoms with van der Waals surface area (Å²) in [5, 5.41) is 6.95. The maximum atomic E-state index is 11.9. The maximum absolute atomic E-state index is 11.9. The molecule has 124 valence electrons. The van der Waals surface area contributed by atoms with Gasteiger partial charge in [0.1, 0.15) is 11.5 Å². The van der Waals surface area contributed by atoms with E-state index in [9.17, 15) is 4.79 Å². The molecule has 0 atom stereocenters. The Morgan fingerprint density at radius 2 is 2.09 bits per heavy atom. The molecular weight excluding hydrogens is 292 g/mol. The van der Waals surface area contributed by atoms with Crippen molar-refractivity contribution in [2.75, 3.05) is 29.9 Å². The standard InChI is InChI=1S/C16H24N6O/c1-10(2)18-13(23)9-17-14-12-8-11(3)19-15(12)21-16(20-14)22-6-4-5-7-22/h8,10H,4-7,9H2,1-3H3,(H,18,23)(H2,17,19,20,21). The number of aromatic nitrogens is 3. The lowest BCUT2D eigenvalue weighted by Gasteiger charge is -2.17. The predicted molar refractivity (Wildman–Crippen MR) is 91.8 cm³/mol. The van der Waals surface area contributed by atoms with Crippen molar-refractivity contribution in [3.8, 4) is 0 Å². The molecule has 2 aromatic rings. The van der Waals surface area contributed by atoms with Crippen LogP contribution in [0.1, 0.15) is 32.4 Å². The zero-order chi connectivity index (χ0) is 16.4. The highest BCUT2D eigenvalue weighted by Gasteiger charge is 2.18. The molecule has 23 heavy (non-hydrogen) atoms. The summed E-state index contributed by atoms with van der Waals surface area (Å²) in [6.07, 6.45) is 2.34. The number of H-pyrrole nitrogens is 1. The monoisotopic (exact) mass is 316 g/mol. The van der Waals surface area contributed by atoms with E-state index < -0.39 is 0 Å². The van der Waals surface area contributed by atoms with Gasteiger partial charge in [0.2, 0.25) is 11.9 Å². The van der Waals surface area contributed by atoms with Crippen LogP contribution in [0.15, 0.2) is 6.07 Å². The number of carbonyl (C=O) groups excluding carboxylic acids is 1. The van der Waals surface area contributed by atoms with E-state index in [1.165, 1.54) is 12.8 Å². The van der Waals surface area contributed by atoms with Crippen LogP contribution in [-0.4, -0.2) is 46.5 Å². The summed E-state index contributed by atoms with van der Waals surface area (Å²) < 4.78 is 0. The van der Waals surface area contributed by atoms with Gasteiger partial charge in [-0.1, -0.05) is 0 Å². The maximum Gasteiger partial charge on any atom is 0.239 e. The average Bonchev–Trinajstić information content (AvgIpc) is 3.11. The molecule has 0 radical (unpaired) electrons. The van der Waals surface area contributed by atoms with E-state index in [0.717, 1.165) is 35.8 Å².